The second kappa shape index (κ2) is 8.77. The zero-order valence-electron chi connectivity index (χ0n) is 16.9. The number of halogens is 1. The van der Waals surface area contributed by atoms with Gasteiger partial charge in [0.05, 0.1) is 5.02 Å². The average molecular weight is 452 g/mol. The second-order valence-electron chi connectivity index (χ2n) is 7.90. The van der Waals surface area contributed by atoms with E-state index in [1.54, 1.807) is 0 Å². The van der Waals surface area contributed by atoms with Crippen LogP contribution in [0.4, 0.5) is 0 Å². The van der Waals surface area contributed by atoms with Gasteiger partial charge in [-0.15, -0.1) is 21.5 Å². The molecule has 6 nitrogen and oxygen atoms in total. The van der Waals surface area contributed by atoms with Crippen LogP contribution in [0.1, 0.15) is 47.3 Å². The zero-order chi connectivity index (χ0) is 21.2. The van der Waals surface area contributed by atoms with Crippen molar-refractivity contribution >= 4 is 38.9 Å². The Morgan fingerprint density at radius 1 is 1.13 bits per heavy atom. The number of H-pyrrole nitrogens is 1. The number of aromatic nitrogens is 4. The minimum atomic E-state index is 0.0167. The Labute approximate surface area is 189 Å². The van der Waals surface area contributed by atoms with E-state index in [0.717, 1.165) is 46.9 Å². The maximum atomic E-state index is 13.8. The number of hydrogen-bond donors (Lipinski definition) is 1. The van der Waals surface area contributed by atoms with E-state index in [-0.39, 0.29) is 11.9 Å². The normalized spacial score (nSPS) is 14.7. The zero-order valence-corrected chi connectivity index (χ0v) is 18.5. The fraction of sp³-hybridized carbons (Fsp3) is 0.304. The number of carbonyl (C=O) groups is 1. The summed E-state index contributed by atoms with van der Waals surface area (Å²) < 4.78 is 1.04. The lowest BCUT2D eigenvalue weighted by molar-refractivity contribution is 0.0619. The number of nitrogens with one attached hydrogen (secondary N) is 1. The van der Waals surface area contributed by atoms with Crippen LogP contribution in [0, 0.1) is 0 Å². The van der Waals surface area contributed by atoms with Crippen LogP contribution in [0.2, 0.25) is 5.02 Å². The third-order valence-corrected chi connectivity index (χ3v) is 7.55. The molecule has 2 aromatic carbocycles. The van der Waals surface area contributed by atoms with Crippen LogP contribution in [0.3, 0.4) is 0 Å². The molecule has 1 aliphatic carbocycles. The lowest BCUT2D eigenvalue weighted by atomic mass is 9.93. The van der Waals surface area contributed by atoms with Gasteiger partial charge in [-0.2, -0.15) is 5.21 Å². The van der Waals surface area contributed by atoms with Gasteiger partial charge in [-0.3, -0.25) is 4.79 Å². The number of aromatic amines is 1. The van der Waals surface area contributed by atoms with Gasteiger partial charge in [0.1, 0.15) is 4.88 Å². The number of fused-ring (bicyclic) bond motifs is 1. The van der Waals surface area contributed by atoms with Crippen LogP contribution in [-0.4, -0.2) is 37.5 Å². The fourth-order valence-electron chi connectivity index (χ4n) is 4.33. The summed E-state index contributed by atoms with van der Waals surface area (Å²) >= 11 is 8.15. The van der Waals surface area contributed by atoms with Crippen LogP contribution < -0.4 is 0 Å². The molecule has 0 unspecified atom stereocenters. The predicted molar refractivity (Wildman–Crippen MR) is 123 cm³/mol. The molecular weight excluding hydrogens is 430 g/mol. The lowest BCUT2D eigenvalue weighted by Crippen LogP contribution is -2.40. The highest BCUT2D eigenvalue weighted by atomic mass is 35.5. The van der Waals surface area contributed by atoms with Gasteiger partial charge in [-0.05, 0) is 35.8 Å². The standard InChI is InChI=1S/C23H22ClN5OS/c24-20-18-11-4-5-12-19(18)31-21(20)23(30)29(17-9-2-1-3-10-17)14-15-7-6-8-16(13-15)22-25-27-28-26-22/h4-8,11-13,17H,1-3,9-10,14H2,(H,25,26,27,28). The predicted octanol–water partition coefficient (Wildman–Crippen LogP) is 5.71. The second-order valence-corrected chi connectivity index (χ2v) is 9.33. The molecule has 2 aromatic heterocycles. The highest BCUT2D eigenvalue weighted by molar-refractivity contribution is 7.21. The van der Waals surface area contributed by atoms with Crippen molar-refractivity contribution in [1.29, 1.82) is 0 Å². The van der Waals surface area contributed by atoms with Crippen LogP contribution in [-0.2, 0) is 6.54 Å². The van der Waals surface area contributed by atoms with Gasteiger partial charge < -0.3 is 4.90 Å². The summed E-state index contributed by atoms with van der Waals surface area (Å²) in [6.07, 6.45) is 5.59. The molecule has 2 heterocycles. The minimum absolute atomic E-state index is 0.0167. The molecule has 0 saturated heterocycles. The smallest absolute Gasteiger partial charge is 0.266 e. The van der Waals surface area contributed by atoms with Crippen molar-refractivity contribution in [1.82, 2.24) is 25.5 Å². The maximum absolute atomic E-state index is 13.8. The topological polar surface area (TPSA) is 74.8 Å². The van der Waals surface area contributed by atoms with Crippen molar-refractivity contribution in [3.8, 4) is 11.4 Å². The van der Waals surface area contributed by atoms with Crippen LogP contribution in [0.25, 0.3) is 21.5 Å². The SMILES string of the molecule is O=C(c1sc2ccccc2c1Cl)N(Cc1cccc(-c2nn[nH]n2)c1)C1CCCCC1. The first-order chi connectivity index (χ1) is 15.2. The fourth-order valence-corrected chi connectivity index (χ4v) is 5.80. The number of thiophene rings is 1. The van der Waals surface area contributed by atoms with E-state index in [1.807, 2.05) is 53.4 Å². The Bertz CT molecular complexity index is 1200. The van der Waals surface area contributed by atoms with Crippen molar-refractivity contribution in [2.75, 3.05) is 0 Å². The Kier molecular flexibility index (Phi) is 5.70. The highest BCUT2D eigenvalue weighted by Crippen LogP contribution is 2.37. The molecule has 5 rings (SSSR count). The molecule has 4 aromatic rings. The molecule has 31 heavy (non-hydrogen) atoms. The molecule has 0 spiro atoms. The van der Waals surface area contributed by atoms with Gasteiger partial charge >= 0.3 is 0 Å². The largest absolute Gasteiger partial charge is 0.331 e. The number of amides is 1. The maximum Gasteiger partial charge on any atom is 0.266 e. The van der Waals surface area contributed by atoms with E-state index in [0.29, 0.717) is 22.3 Å². The van der Waals surface area contributed by atoms with E-state index in [4.69, 9.17) is 11.6 Å². The first-order valence-electron chi connectivity index (χ1n) is 10.5. The van der Waals surface area contributed by atoms with E-state index in [2.05, 4.69) is 20.6 Å². The molecule has 0 atom stereocenters. The lowest BCUT2D eigenvalue weighted by Gasteiger charge is -2.34. The molecule has 1 saturated carbocycles. The van der Waals surface area contributed by atoms with Gasteiger partial charge in [-0.25, -0.2) is 0 Å². The molecular formula is C23H22ClN5OS. The molecule has 1 fully saturated rings. The van der Waals surface area contributed by atoms with Gasteiger partial charge in [0.2, 0.25) is 5.82 Å². The van der Waals surface area contributed by atoms with Crippen LogP contribution in [0.15, 0.2) is 48.5 Å². The first kappa shape index (κ1) is 20.2. The summed E-state index contributed by atoms with van der Waals surface area (Å²) in [4.78, 5) is 16.4. The van der Waals surface area contributed by atoms with Gasteiger partial charge in [0.15, 0.2) is 0 Å². The third-order valence-electron chi connectivity index (χ3n) is 5.89. The van der Waals surface area contributed by atoms with Crippen LogP contribution >= 0.6 is 22.9 Å². The van der Waals surface area contributed by atoms with Gasteiger partial charge in [-0.1, -0.05) is 67.3 Å². The van der Waals surface area contributed by atoms with Crippen molar-refractivity contribution in [2.24, 2.45) is 0 Å². The van der Waals surface area contributed by atoms with Gasteiger partial charge in [0, 0.05) is 28.2 Å². The molecule has 0 radical (unpaired) electrons. The van der Waals surface area contributed by atoms with Crippen molar-refractivity contribution < 1.29 is 4.79 Å². The summed E-state index contributed by atoms with van der Waals surface area (Å²) in [5.41, 5.74) is 1.92. The number of carbonyl (C=O) groups excluding carboxylic acids is 1. The third kappa shape index (κ3) is 4.07. The van der Waals surface area contributed by atoms with E-state index in [1.165, 1.54) is 17.8 Å². The molecule has 8 heteroatoms. The number of hydrogen-bond acceptors (Lipinski definition) is 5. The summed E-state index contributed by atoms with van der Waals surface area (Å²) in [7, 11) is 0. The summed E-state index contributed by atoms with van der Waals surface area (Å²) in [6, 6.07) is 16.1. The Balaban J connectivity index is 1.49. The van der Waals surface area contributed by atoms with Crippen LogP contribution in [0.5, 0.6) is 0 Å². The molecule has 0 aliphatic heterocycles. The van der Waals surface area contributed by atoms with E-state index >= 15 is 0 Å². The highest BCUT2D eigenvalue weighted by Gasteiger charge is 2.29. The average Bonchev–Trinajstić information content (AvgIpc) is 3.47. The molecule has 1 aliphatic rings. The summed E-state index contributed by atoms with van der Waals surface area (Å²) in [6.45, 7) is 0.528. The monoisotopic (exact) mass is 451 g/mol. The first-order valence-corrected chi connectivity index (χ1v) is 11.7. The van der Waals surface area contributed by atoms with Gasteiger partial charge in [0.25, 0.3) is 5.91 Å². The molecule has 1 amide bonds. The number of benzene rings is 2. The molecule has 0 bridgehead atoms. The van der Waals surface area contributed by atoms with Crippen molar-refractivity contribution in [2.45, 2.75) is 44.7 Å². The van der Waals surface area contributed by atoms with Crippen molar-refractivity contribution in [3.05, 3.63) is 64.0 Å². The quantitative estimate of drug-likeness (QED) is 0.421. The number of rotatable bonds is 5. The summed E-state index contributed by atoms with van der Waals surface area (Å²) in [5.74, 6) is 0.563. The number of tetrazole rings is 1. The van der Waals surface area contributed by atoms with E-state index < -0.39 is 0 Å². The molecule has 158 valence electrons. The Morgan fingerprint density at radius 2 is 1.97 bits per heavy atom. The Hall–Kier alpha value is -2.77. The molecule has 1 N–H and O–H groups in total. The minimum Gasteiger partial charge on any atom is -0.331 e. The van der Waals surface area contributed by atoms with E-state index in [9.17, 15) is 4.79 Å². The summed E-state index contributed by atoms with van der Waals surface area (Å²) in [5, 5.41) is 15.8. The van der Waals surface area contributed by atoms with Crippen molar-refractivity contribution in [3.63, 3.8) is 0 Å². The number of nitrogens with zero attached hydrogens (tertiary/aromatic N) is 4. The Morgan fingerprint density at radius 3 is 2.74 bits per heavy atom.